The van der Waals surface area contributed by atoms with Crippen molar-refractivity contribution in [3.05, 3.63) is 36.5 Å². The van der Waals surface area contributed by atoms with E-state index in [0.717, 1.165) is 16.5 Å². The van der Waals surface area contributed by atoms with E-state index in [-0.39, 0.29) is 0 Å². The third kappa shape index (κ3) is 2.29. The smallest absolute Gasteiger partial charge is 0.119 e. The van der Waals surface area contributed by atoms with Gasteiger partial charge in [-0.25, -0.2) is 9.97 Å². The molecular formula is C12H14N4S. The number of nitrogen functional groups attached to an aromatic ring is 1. The maximum absolute atomic E-state index is 5.86. The molecule has 1 aliphatic carbocycles. The molecule has 5 heteroatoms. The molecule has 2 aromatic rings. The summed E-state index contributed by atoms with van der Waals surface area (Å²) in [5, 5.41) is 0.899. The van der Waals surface area contributed by atoms with E-state index in [2.05, 4.69) is 14.5 Å². The molecule has 17 heavy (non-hydrogen) atoms. The van der Waals surface area contributed by atoms with Crippen LogP contribution in [0.15, 0.2) is 35.9 Å². The third-order valence-electron chi connectivity index (χ3n) is 2.84. The summed E-state index contributed by atoms with van der Waals surface area (Å²) < 4.78 is 2.27. The van der Waals surface area contributed by atoms with Crippen molar-refractivity contribution in [2.45, 2.75) is 29.7 Å². The van der Waals surface area contributed by atoms with E-state index in [9.17, 15) is 0 Å². The lowest BCUT2D eigenvalue weighted by atomic mass is 10.4. The Balaban J connectivity index is 1.71. The van der Waals surface area contributed by atoms with Gasteiger partial charge in [0.25, 0.3) is 0 Å². The Morgan fingerprint density at radius 1 is 1.47 bits per heavy atom. The van der Waals surface area contributed by atoms with E-state index < -0.39 is 0 Å². The number of hydrogen-bond donors (Lipinski definition) is 1. The molecule has 0 radical (unpaired) electrons. The van der Waals surface area contributed by atoms with Gasteiger partial charge in [0, 0.05) is 29.9 Å². The van der Waals surface area contributed by atoms with Crippen LogP contribution < -0.4 is 5.73 Å². The molecule has 2 heterocycles. The minimum Gasteiger partial charge on any atom is -0.397 e. The Morgan fingerprint density at radius 2 is 2.35 bits per heavy atom. The number of hydrogen-bond acceptors (Lipinski definition) is 4. The highest BCUT2D eigenvalue weighted by Crippen LogP contribution is 2.37. The van der Waals surface area contributed by atoms with Crippen LogP contribution >= 0.6 is 11.8 Å². The Labute approximate surface area is 104 Å². The first-order chi connectivity index (χ1) is 8.34. The number of anilines is 1. The van der Waals surface area contributed by atoms with Crippen LogP contribution in [0.25, 0.3) is 0 Å². The topological polar surface area (TPSA) is 56.7 Å². The van der Waals surface area contributed by atoms with Crippen molar-refractivity contribution in [3.63, 3.8) is 0 Å². The maximum atomic E-state index is 5.86. The van der Waals surface area contributed by atoms with Gasteiger partial charge in [-0.05, 0) is 25.0 Å². The number of thioether (sulfide) groups is 1. The molecule has 0 spiro atoms. The van der Waals surface area contributed by atoms with E-state index in [1.165, 1.54) is 18.5 Å². The number of pyridine rings is 1. The first-order valence-electron chi connectivity index (χ1n) is 5.68. The molecule has 0 bridgehead atoms. The molecule has 88 valence electrons. The monoisotopic (exact) mass is 246 g/mol. The lowest BCUT2D eigenvalue weighted by molar-refractivity contribution is 0.714. The molecule has 0 unspecified atom stereocenters. The summed E-state index contributed by atoms with van der Waals surface area (Å²) in [7, 11) is 0. The second kappa shape index (κ2) is 4.41. The van der Waals surface area contributed by atoms with Gasteiger partial charge in [0.2, 0.25) is 0 Å². The van der Waals surface area contributed by atoms with Crippen LogP contribution in [0.1, 0.15) is 24.6 Å². The van der Waals surface area contributed by atoms with Gasteiger partial charge in [-0.3, -0.25) is 0 Å². The lowest BCUT2D eigenvalue weighted by Gasteiger charge is -2.06. The number of nitrogens with two attached hydrogens (primary N) is 1. The van der Waals surface area contributed by atoms with Crippen molar-refractivity contribution in [1.82, 2.24) is 14.5 Å². The Bertz CT molecular complexity index is 519. The fourth-order valence-electron chi connectivity index (χ4n) is 1.79. The molecule has 2 N–H and O–H groups in total. The molecule has 0 saturated heterocycles. The average molecular weight is 246 g/mol. The van der Waals surface area contributed by atoms with Crippen molar-refractivity contribution in [2.24, 2.45) is 0 Å². The minimum atomic E-state index is 0.675. The number of imidazole rings is 1. The van der Waals surface area contributed by atoms with Gasteiger partial charge in [0.15, 0.2) is 0 Å². The first kappa shape index (κ1) is 10.7. The minimum absolute atomic E-state index is 0.675. The molecular weight excluding hydrogens is 232 g/mol. The standard InChI is InChI=1S/C12H14N4S/c13-11-2-1-5-15-12(11)17-7-10-6-14-8-16(10)9-3-4-9/h1-2,5-6,8-9H,3-4,7,13H2. The van der Waals surface area contributed by atoms with Crippen molar-refractivity contribution < 1.29 is 0 Å². The van der Waals surface area contributed by atoms with Crippen LogP contribution in [-0.2, 0) is 5.75 Å². The van der Waals surface area contributed by atoms with Crippen molar-refractivity contribution in [3.8, 4) is 0 Å². The maximum Gasteiger partial charge on any atom is 0.119 e. The highest BCUT2D eigenvalue weighted by molar-refractivity contribution is 7.98. The molecule has 0 atom stereocenters. The molecule has 4 nitrogen and oxygen atoms in total. The van der Waals surface area contributed by atoms with Crippen LogP contribution in [0.2, 0.25) is 0 Å². The van der Waals surface area contributed by atoms with Crippen LogP contribution in [0.5, 0.6) is 0 Å². The fraction of sp³-hybridized carbons (Fsp3) is 0.333. The van der Waals surface area contributed by atoms with E-state index in [1.54, 1.807) is 18.0 Å². The molecule has 2 aromatic heterocycles. The molecule has 0 amide bonds. The first-order valence-corrected chi connectivity index (χ1v) is 6.67. The van der Waals surface area contributed by atoms with Crippen LogP contribution in [0.4, 0.5) is 5.69 Å². The Kier molecular flexibility index (Phi) is 2.76. The van der Waals surface area contributed by atoms with Crippen molar-refractivity contribution in [1.29, 1.82) is 0 Å². The quantitative estimate of drug-likeness (QED) is 0.842. The third-order valence-corrected chi connectivity index (χ3v) is 3.90. The normalized spacial score (nSPS) is 15.1. The predicted molar refractivity (Wildman–Crippen MR) is 68.7 cm³/mol. The predicted octanol–water partition coefficient (Wildman–Crippen LogP) is 2.49. The highest BCUT2D eigenvalue weighted by Gasteiger charge is 2.25. The lowest BCUT2D eigenvalue weighted by Crippen LogP contribution is -1.98. The molecule has 1 aliphatic rings. The Hall–Kier alpha value is -1.49. The second-order valence-corrected chi connectivity index (χ2v) is 5.17. The SMILES string of the molecule is Nc1cccnc1SCc1cncn1C1CC1. The van der Waals surface area contributed by atoms with Gasteiger partial charge >= 0.3 is 0 Å². The summed E-state index contributed by atoms with van der Waals surface area (Å²) in [5.74, 6) is 0.873. The summed E-state index contributed by atoms with van der Waals surface area (Å²) >= 11 is 1.67. The van der Waals surface area contributed by atoms with E-state index in [4.69, 9.17) is 5.73 Å². The average Bonchev–Trinajstić information content (AvgIpc) is 3.08. The molecule has 3 rings (SSSR count). The van der Waals surface area contributed by atoms with Gasteiger partial charge in [0.1, 0.15) is 5.03 Å². The molecule has 0 aliphatic heterocycles. The largest absolute Gasteiger partial charge is 0.397 e. The van der Waals surface area contributed by atoms with E-state index in [0.29, 0.717) is 6.04 Å². The zero-order chi connectivity index (χ0) is 11.7. The van der Waals surface area contributed by atoms with E-state index >= 15 is 0 Å². The highest BCUT2D eigenvalue weighted by atomic mass is 32.2. The van der Waals surface area contributed by atoms with Crippen LogP contribution in [-0.4, -0.2) is 14.5 Å². The summed E-state index contributed by atoms with van der Waals surface area (Å²) in [6.07, 6.45) is 8.19. The van der Waals surface area contributed by atoms with Gasteiger partial charge in [-0.1, -0.05) is 11.8 Å². The summed E-state index contributed by atoms with van der Waals surface area (Å²) in [6, 6.07) is 4.41. The number of nitrogens with zero attached hydrogens (tertiary/aromatic N) is 3. The molecule has 1 saturated carbocycles. The van der Waals surface area contributed by atoms with Gasteiger partial charge < -0.3 is 10.3 Å². The van der Waals surface area contributed by atoms with Crippen molar-refractivity contribution in [2.75, 3.05) is 5.73 Å². The van der Waals surface area contributed by atoms with E-state index in [1.807, 2.05) is 24.7 Å². The van der Waals surface area contributed by atoms with Crippen LogP contribution in [0, 0.1) is 0 Å². The van der Waals surface area contributed by atoms with Crippen molar-refractivity contribution >= 4 is 17.4 Å². The fourth-order valence-corrected chi connectivity index (χ4v) is 2.67. The number of rotatable bonds is 4. The molecule has 0 aromatic carbocycles. The summed E-state index contributed by atoms with van der Waals surface area (Å²) in [4.78, 5) is 8.49. The van der Waals surface area contributed by atoms with Gasteiger partial charge in [-0.2, -0.15) is 0 Å². The Morgan fingerprint density at radius 3 is 3.12 bits per heavy atom. The number of aromatic nitrogens is 3. The van der Waals surface area contributed by atoms with Gasteiger partial charge in [-0.15, -0.1) is 0 Å². The molecule has 1 fully saturated rings. The zero-order valence-electron chi connectivity index (χ0n) is 9.41. The zero-order valence-corrected chi connectivity index (χ0v) is 10.2. The van der Waals surface area contributed by atoms with Crippen LogP contribution in [0.3, 0.4) is 0 Å². The summed E-state index contributed by atoms with van der Waals surface area (Å²) in [5.41, 5.74) is 7.86. The second-order valence-electron chi connectivity index (χ2n) is 4.21. The van der Waals surface area contributed by atoms with Gasteiger partial charge in [0.05, 0.1) is 12.0 Å². The summed E-state index contributed by atoms with van der Waals surface area (Å²) in [6.45, 7) is 0.